The summed E-state index contributed by atoms with van der Waals surface area (Å²) in [7, 11) is 0. The van der Waals surface area contributed by atoms with Gasteiger partial charge in [-0.15, -0.1) is 0 Å². The minimum atomic E-state index is -1.56. The number of nitrogens with one attached hydrogen (secondary N) is 3. The van der Waals surface area contributed by atoms with Crippen molar-refractivity contribution < 1.29 is 49.3 Å². The van der Waals surface area contributed by atoms with Crippen molar-refractivity contribution in [2.75, 3.05) is 13.2 Å². The number of allylic oxidation sites excluding steroid dienone is 5. The lowest BCUT2D eigenvalue weighted by Crippen LogP contribution is -2.59. The quantitative estimate of drug-likeness (QED) is 0.0620. The van der Waals surface area contributed by atoms with Gasteiger partial charge in [-0.05, 0) is 178 Å². The number of esters is 1. The number of hydrogen-bond acceptors (Lipinski definition) is 15. The topological polar surface area (TPSA) is 249 Å². The first-order valence-corrected chi connectivity index (χ1v) is 29.4. The SMILES string of the molecule is CC=C(C(=O)OC1Cc2c3c(c4oc(CO)cc(=O)c4c2O)C2C4=CCNC(N)=C4C(CCc4ccc(O)cc4C2CO)C2CCC4=C5CCC(C)NC5NC=C4CC2C1(C)O3)C1(O)CCC(c2cccc(C3(O)CCCC3)c2)C1. The maximum absolute atomic E-state index is 15.5. The van der Waals surface area contributed by atoms with Gasteiger partial charge in [0.1, 0.15) is 58.1 Å². The number of aliphatic hydroxyl groups excluding tert-OH is 2. The van der Waals surface area contributed by atoms with Crippen LogP contribution in [-0.2, 0) is 34.6 Å². The number of rotatable bonds is 7. The van der Waals surface area contributed by atoms with Crippen LogP contribution in [0.3, 0.4) is 0 Å². The highest BCUT2D eigenvalue weighted by Gasteiger charge is 2.59. The number of piperidine rings is 1. The van der Waals surface area contributed by atoms with Crippen molar-refractivity contribution in [2.45, 2.75) is 177 Å². The van der Waals surface area contributed by atoms with Gasteiger partial charge in [0.2, 0.25) is 0 Å². The summed E-state index contributed by atoms with van der Waals surface area (Å²) in [5.74, 6) is -3.03. The summed E-state index contributed by atoms with van der Waals surface area (Å²) in [6.45, 7) is 5.29. The molecule has 6 heterocycles. The Bertz CT molecular complexity index is 3440. The van der Waals surface area contributed by atoms with Crippen molar-refractivity contribution in [2.24, 2.45) is 23.5 Å². The summed E-state index contributed by atoms with van der Waals surface area (Å²) < 4.78 is 21.5. The molecule has 1 saturated heterocycles. The van der Waals surface area contributed by atoms with Crippen LogP contribution < -0.4 is 31.8 Å². The first-order chi connectivity index (χ1) is 38.5. The molecule has 80 heavy (non-hydrogen) atoms. The number of aliphatic hydroxyl groups is 4. The molecule has 11 atom stereocenters. The molecule has 11 unspecified atom stereocenters. The van der Waals surface area contributed by atoms with Crippen LogP contribution in [0.1, 0.15) is 161 Å². The van der Waals surface area contributed by atoms with Gasteiger partial charge in [-0.25, -0.2) is 4.79 Å². The molecular formula is C65H76N4O11. The number of carbonyl (C=O) groups excluding carboxylic acids is 1. The summed E-state index contributed by atoms with van der Waals surface area (Å²) in [4.78, 5) is 30.2. The minimum Gasteiger partial charge on any atom is -0.508 e. The van der Waals surface area contributed by atoms with E-state index in [4.69, 9.17) is 19.6 Å². The van der Waals surface area contributed by atoms with Crippen LogP contribution in [0.15, 0.2) is 115 Å². The summed E-state index contributed by atoms with van der Waals surface area (Å²) in [5.41, 5.74) is 12.7. The molecule has 15 nitrogen and oxygen atoms in total. The Morgan fingerprint density at radius 3 is 2.59 bits per heavy atom. The number of benzene rings is 3. The fourth-order valence-corrected chi connectivity index (χ4v) is 16.7. The van der Waals surface area contributed by atoms with Crippen LogP contribution in [0.5, 0.6) is 17.2 Å². The van der Waals surface area contributed by atoms with E-state index in [9.17, 15) is 35.4 Å². The number of nitrogens with two attached hydrogens (primary N) is 1. The fraction of sp³-hybridized carbons (Fsp3) is 0.508. The molecule has 0 spiro atoms. The normalized spacial score (nSPS) is 32.4. The summed E-state index contributed by atoms with van der Waals surface area (Å²) in [5, 5.41) is 82.0. The van der Waals surface area contributed by atoms with Crippen LogP contribution >= 0.6 is 0 Å². The molecule has 11 N–H and O–H groups in total. The van der Waals surface area contributed by atoms with Gasteiger partial charge in [0.05, 0.1) is 29.5 Å². The van der Waals surface area contributed by atoms with E-state index in [-0.39, 0.29) is 76.1 Å². The number of carbonyl (C=O) groups is 1. The molecule has 1 aromatic heterocycles. The van der Waals surface area contributed by atoms with Crippen molar-refractivity contribution in [3.63, 3.8) is 0 Å². The Balaban J connectivity index is 1.01. The standard InChI is InChI=1S/C65H76N4O11/c1-4-49(65(77)22-18-36(29-65)35-8-7-9-38(24-35)64(76)20-5-6-21-64)62(75)79-52-28-47-57(74)55-51(73)27-40(31-70)78-59(55)56-53-45-19-23-67-60(66)54(45)43(15-12-34-11-13-39(72)26-46(34)48(53)32-71)42-17-16-41-37(25-50(42)63(52,3)80-58(47)56)30-68-61-44(41)14-10-33(2)69-61/h4,7-9,11,13,19,24,26-27,30,33,36,42-43,48,50,52-53,61,67-72,74,76-77H,5-6,10,12,14-18,20-23,25,28-29,31-32,66H2,1-3H3. The maximum Gasteiger partial charge on any atom is 0.337 e. The first-order valence-electron chi connectivity index (χ1n) is 29.4. The van der Waals surface area contributed by atoms with Crippen LogP contribution in [0.4, 0.5) is 0 Å². The largest absolute Gasteiger partial charge is 0.508 e. The molecule has 3 saturated carbocycles. The average molecular weight is 1090 g/mol. The van der Waals surface area contributed by atoms with Crippen molar-refractivity contribution in [1.29, 1.82) is 0 Å². The Hall–Kier alpha value is -6.36. The Kier molecular flexibility index (Phi) is 13.2. The predicted octanol–water partition coefficient (Wildman–Crippen LogP) is 8.14. The van der Waals surface area contributed by atoms with E-state index < -0.39 is 71.0 Å². The lowest BCUT2D eigenvalue weighted by atomic mass is 9.61. The van der Waals surface area contributed by atoms with Gasteiger partial charge in [-0.2, -0.15) is 0 Å². The third-order valence-electron chi connectivity index (χ3n) is 20.7. The van der Waals surface area contributed by atoms with Crippen molar-refractivity contribution in [3.05, 3.63) is 156 Å². The molecule has 0 radical (unpaired) electrons. The maximum atomic E-state index is 15.5. The number of dihydropyridines is 2. The highest BCUT2D eigenvalue weighted by Crippen LogP contribution is 2.62. The van der Waals surface area contributed by atoms with Gasteiger partial charge in [-0.1, -0.05) is 55.3 Å². The summed E-state index contributed by atoms with van der Waals surface area (Å²) in [6.07, 6.45) is 14.3. The van der Waals surface area contributed by atoms with Crippen molar-refractivity contribution >= 4 is 16.9 Å². The molecular weight excluding hydrogens is 1010 g/mol. The second-order valence-corrected chi connectivity index (χ2v) is 25.0. The zero-order chi connectivity index (χ0) is 55.6. The van der Waals surface area contributed by atoms with Crippen LogP contribution in [0.25, 0.3) is 11.0 Å². The lowest BCUT2D eigenvalue weighted by Gasteiger charge is -2.52. The highest BCUT2D eigenvalue weighted by atomic mass is 16.6. The van der Waals surface area contributed by atoms with Gasteiger partial charge in [0.15, 0.2) is 5.43 Å². The van der Waals surface area contributed by atoms with E-state index in [0.29, 0.717) is 80.9 Å². The zero-order valence-electron chi connectivity index (χ0n) is 46.1. The van der Waals surface area contributed by atoms with E-state index in [2.05, 4.69) is 41.2 Å². The second-order valence-electron chi connectivity index (χ2n) is 25.0. The summed E-state index contributed by atoms with van der Waals surface area (Å²) >= 11 is 0. The van der Waals surface area contributed by atoms with Crippen LogP contribution in [0, 0.1) is 17.8 Å². The van der Waals surface area contributed by atoms with E-state index in [0.717, 1.165) is 71.6 Å². The second kappa shape index (κ2) is 20.0. The third-order valence-corrected chi connectivity index (χ3v) is 20.7. The smallest absolute Gasteiger partial charge is 0.337 e. The molecule has 9 aliphatic rings. The molecule has 4 aromatic rings. The van der Waals surface area contributed by atoms with E-state index >= 15 is 4.79 Å². The number of ether oxygens (including phenoxy) is 2. The van der Waals surface area contributed by atoms with E-state index in [1.165, 1.54) is 11.1 Å². The third kappa shape index (κ3) is 8.45. The molecule has 4 aliphatic carbocycles. The lowest BCUT2D eigenvalue weighted by molar-refractivity contribution is -0.171. The van der Waals surface area contributed by atoms with Crippen LogP contribution in [-0.4, -0.2) is 79.3 Å². The van der Waals surface area contributed by atoms with E-state index in [1.807, 2.05) is 31.2 Å². The first kappa shape index (κ1) is 53.0. The van der Waals surface area contributed by atoms with Gasteiger partial charge < -0.3 is 60.9 Å². The van der Waals surface area contributed by atoms with Gasteiger partial charge in [0, 0.05) is 60.2 Å². The number of aromatic hydroxyl groups is 2. The molecule has 13 rings (SSSR count). The highest BCUT2D eigenvalue weighted by molar-refractivity contribution is 5.93. The van der Waals surface area contributed by atoms with Crippen molar-refractivity contribution in [3.8, 4) is 17.2 Å². The number of hydrogen-bond donors (Lipinski definition) is 10. The number of fused-ring (bicyclic) bond motifs is 10. The number of aryl methyl sites for hydroxylation is 1. The number of phenolic OH excluding ortho intramolecular Hbond substituents is 2. The molecule has 3 aromatic carbocycles. The van der Waals surface area contributed by atoms with Gasteiger partial charge in [-0.3, -0.25) is 10.1 Å². The molecule has 5 aliphatic heterocycles. The monoisotopic (exact) mass is 1090 g/mol. The molecule has 422 valence electrons. The molecule has 0 amide bonds. The zero-order valence-corrected chi connectivity index (χ0v) is 46.1. The average Bonchev–Trinajstić information content (AvgIpc) is 4.13. The Morgan fingerprint density at radius 2 is 1.80 bits per heavy atom. The Labute approximate surface area is 466 Å². The molecule has 15 heteroatoms. The van der Waals surface area contributed by atoms with Gasteiger partial charge in [0.25, 0.3) is 0 Å². The predicted molar refractivity (Wildman–Crippen MR) is 301 cm³/mol. The van der Waals surface area contributed by atoms with Crippen LogP contribution in [0.2, 0.25) is 0 Å². The minimum absolute atomic E-state index is 0.0128. The fourth-order valence-electron chi connectivity index (χ4n) is 16.7. The molecule has 4 bridgehead atoms. The number of phenols is 2. The summed E-state index contributed by atoms with van der Waals surface area (Å²) in [6, 6.07) is 14.9. The van der Waals surface area contributed by atoms with Crippen molar-refractivity contribution in [1.82, 2.24) is 16.0 Å². The van der Waals surface area contributed by atoms with Gasteiger partial charge >= 0.3 is 5.97 Å². The van der Waals surface area contributed by atoms with E-state index in [1.54, 1.807) is 25.1 Å². The molecule has 4 fully saturated rings. The Morgan fingerprint density at radius 1 is 0.975 bits per heavy atom.